The number of nitrogens with zero attached hydrogens (tertiary/aromatic N) is 1. The zero-order chi connectivity index (χ0) is 18.8. The standard InChI is InChI=1S/C19H19F2NO3S/c20-16-8-6-15(7-9-16)18(23)14-22-12-10-19(21,11-13-22)26(24,25)17-4-2-1-3-5-17/h1-9H,10-14H2. The van der Waals surface area contributed by atoms with Crippen molar-refractivity contribution < 1.29 is 22.0 Å². The summed E-state index contributed by atoms with van der Waals surface area (Å²) in [6.07, 6.45) is -0.387. The molecule has 4 nitrogen and oxygen atoms in total. The molecule has 1 aliphatic rings. The Balaban J connectivity index is 1.65. The fourth-order valence-electron chi connectivity index (χ4n) is 3.05. The van der Waals surface area contributed by atoms with Gasteiger partial charge in [-0.05, 0) is 36.4 Å². The van der Waals surface area contributed by atoms with E-state index in [4.69, 9.17) is 0 Å². The van der Waals surface area contributed by atoms with E-state index in [0.29, 0.717) is 5.56 Å². The summed E-state index contributed by atoms with van der Waals surface area (Å²) in [4.78, 5) is 13.9. The monoisotopic (exact) mass is 379 g/mol. The third kappa shape index (κ3) is 3.68. The molecule has 1 heterocycles. The van der Waals surface area contributed by atoms with Gasteiger partial charge in [0.05, 0.1) is 11.4 Å². The highest BCUT2D eigenvalue weighted by Gasteiger charge is 2.47. The van der Waals surface area contributed by atoms with Gasteiger partial charge in [-0.25, -0.2) is 17.2 Å². The smallest absolute Gasteiger partial charge is 0.217 e. The Hall–Kier alpha value is -2.12. The van der Waals surface area contributed by atoms with Crippen molar-refractivity contribution in [1.82, 2.24) is 4.90 Å². The number of carbonyl (C=O) groups excluding carboxylic acids is 1. The number of Topliss-reactive ketones (excluding diaryl/α,β-unsaturated/α-hetero) is 1. The van der Waals surface area contributed by atoms with E-state index in [2.05, 4.69) is 0 Å². The van der Waals surface area contributed by atoms with Crippen molar-refractivity contribution in [2.45, 2.75) is 22.7 Å². The third-order valence-corrected chi connectivity index (χ3v) is 6.94. The van der Waals surface area contributed by atoms with Gasteiger partial charge in [0.15, 0.2) is 5.78 Å². The number of halogens is 2. The lowest BCUT2D eigenvalue weighted by Crippen LogP contribution is -2.47. The number of ketones is 1. The minimum atomic E-state index is -4.09. The molecule has 2 aromatic carbocycles. The lowest BCUT2D eigenvalue weighted by atomic mass is 10.1. The highest BCUT2D eigenvalue weighted by Crippen LogP contribution is 2.36. The molecule has 7 heteroatoms. The van der Waals surface area contributed by atoms with Gasteiger partial charge >= 0.3 is 0 Å². The van der Waals surface area contributed by atoms with Crippen molar-refractivity contribution in [2.24, 2.45) is 0 Å². The second-order valence-corrected chi connectivity index (χ2v) is 8.62. The molecule has 26 heavy (non-hydrogen) atoms. The van der Waals surface area contributed by atoms with Crippen LogP contribution in [0.25, 0.3) is 0 Å². The molecule has 0 bridgehead atoms. The molecule has 0 radical (unpaired) electrons. The second kappa shape index (κ2) is 7.25. The number of sulfone groups is 1. The minimum Gasteiger partial charge on any atom is -0.295 e. The Kier molecular flexibility index (Phi) is 5.20. The van der Waals surface area contributed by atoms with E-state index in [9.17, 15) is 17.6 Å². The van der Waals surface area contributed by atoms with Crippen LogP contribution in [0.1, 0.15) is 23.2 Å². The zero-order valence-corrected chi connectivity index (χ0v) is 14.9. The van der Waals surface area contributed by atoms with Crippen LogP contribution >= 0.6 is 0 Å². The summed E-state index contributed by atoms with van der Waals surface area (Å²) >= 11 is 0. The molecule has 0 saturated carbocycles. The normalized spacial score (nSPS) is 17.8. The number of likely N-dealkylation sites (tertiary alicyclic amines) is 1. The quantitative estimate of drug-likeness (QED) is 0.749. The summed E-state index contributed by atoms with van der Waals surface area (Å²) in [5.74, 6) is -0.630. The number of hydrogen-bond acceptors (Lipinski definition) is 4. The fourth-order valence-corrected chi connectivity index (χ4v) is 4.71. The Morgan fingerprint density at radius 2 is 1.58 bits per heavy atom. The summed E-state index contributed by atoms with van der Waals surface area (Å²) < 4.78 is 53.3. The predicted octanol–water partition coefficient (Wildman–Crippen LogP) is 3.24. The SMILES string of the molecule is O=C(CN1CCC(F)(S(=O)(=O)c2ccccc2)CC1)c1ccc(F)cc1. The van der Waals surface area contributed by atoms with Gasteiger partial charge in [0, 0.05) is 31.5 Å². The number of alkyl halides is 1. The molecule has 3 rings (SSSR count). The Labute approximate surface area is 151 Å². The Morgan fingerprint density at radius 3 is 2.15 bits per heavy atom. The largest absolute Gasteiger partial charge is 0.295 e. The first kappa shape index (κ1) is 18.7. The van der Waals surface area contributed by atoms with Crippen molar-refractivity contribution >= 4 is 15.6 Å². The molecule has 0 amide bonds. The van der Waals surface area contributed by atoms with Gasteiger partial charge < -0.3 is 0 Å². The molecule has 0 atom stereocenters. The average Bonchev–Trinajstić information content (AvgIpc) is 2.65. The van der Waals surface area contributed by atoms with Crippen LogP contribution in [-0.2, 0) is 9.84 Å². The van der Waals surface area contributed by atoms with Crippen LogP contribution in [0.5, 0.6) is 0 Å². The van der Waals surface area contributed by atoms with Crippen molar-refractivity contribution in [2.75, 3.05) is 19.6 Å². The van der Waals surface area contributed by atoms with Gasteiger partial charge in [-0.3, -0.25) is 9.69 Å². The molecule has 0 spiro atoms. The van der Waals surface area contributed by atoms with Gasteiger partial charge in [0.25, 0.3) is 0 Å². The summed E-state index contributed by atoms with van der Waals surface area (Å²) in [5.41, 5.74) is 0.375. The number of carbonyl (C=O) groups is 1. The lowest BCUT2D eigenvalue weighted by Gasteiger charge is -2.35. The second-order valence-electron chi connectivity index (χ2n) is 6.41. The van der Waals surface area contributed by atoms with E-state index >= 15 is 4.39 Å². The molecule has 2 aromatic rings. The molecule has 1 fully saturated rings. The molecule has 0 aromatic heterocycles. The number of piperidine rings is 1. The molecular formula is C19H19F2NO3S. The summed E-state index contributed by atoms with van der Waals surface area (Å²) in [6.45, 7) is 0.373. The maximum absolute atomic E-state index is 15.2. The number of hydrogen-bond donors (Lipinski definition) is 0. The molecule has 1 aliphatic heterocycles. The lowest BCUT2D eigenvalue weighted by molar-refractivity contribution is 0.0833. The summed E-state index contributed by atoms with van der Waals surface area (Å²) in [5, 5.41) is -2.33. The van der Waals surface area contributed by atoms with E-state index in [1.807, 2.05) is 0 Å². The molecule has 138 valence electrons. The van der Waals surface area contributed by atoms with Crippen molar-refractivity contribution in [3.8, 4) is 0 Å². The molecular weight excluding hydrogens is 360 g/mol. The maximum atomic E-state index is 15.2. The highest BCUT2D eigenvalue weighted by molar-refractivity contribution is 7.92. The molecule has 0 aliphatic carbocycles. The van der Waals surface area contributed by atoms with Gasteiger partial charge in [0.1, 0.15) is 5.82 Å². The third-order valence-electron chi connectivity index (χ3n) is 4.67. The van der Waals surface area contributed by atoms with Gasteiger partial charge in [-0.15, -0.1) is 0 Å². The minimum absolute atomic E-state index is 0.0293. The van der Waals surface area contributed by atoms with E-state index in [1.165, 1.54) is 36.4 Å². The van der Waals surface area contributed by atoms with E-state index in [0.717, 1.165) is 0 Å². The maximum Gasteiger partial charge on any atom is 0.217 e. The van der Waals surface area contributed by atoms with E-state index in [1.54, 1.807) is 23.1 Å². The van der Waals surface area contributed by atoms with Crippen LogP contribution in [0.3, 0.4) is 0 Å². The molecule has 1 saturated heterocycles. The predicted molar refractivity (Wildman–Crippen MR) is 93.9 cm³/mol. The van der Waals surface area contributed by atoms with Crippen LogP contribution in [0.2, 0.25) is 0 Å². The summed E-state index contributed by atoms with van der Waals surface area (Å²) in [6, 6.07) is 12.8. The van der Waals surface area contributed by atoms with Gasteiger partial charge in [-0.2, -0.15) is 0 Å². The summed E-state index contributed by atoms with van der Waals surface area (Å²) in [7, 11) is -4.09. The highest BCUT2D eigenvalue weighted by atomic mass is 32.2. The van der Waals surface area contributed by atoms with E-state index < -0.39 is 20.7 Å². The van der Waals surface area contributed by atoms with Crippen LogP contribution < -0.4 is 0 Å². The average molecular weight is 379 g/mol. The molecule has 0 unspecified atom stereocenters. The van der Waals surface area contributed by atoms with Crippen LogP contribution in [0, 0.1) is 5.82 Å². The molecule has 0 N–H and O–H groups in total. The zero-order valence-electron chi connectivity index (χ0n) is 14.1. The fraction of sp³-hybridized carbons (Fsp3) is 0.316. The van der Waals surface area contributed by atoms with Crippen molar-refractivity contribution in [1.29, 1.82) is 0 Å². The Bertz CT molecular complexity index is 875. The van der Waals surface area contributed by atoms with E-state index in [-0.39, 0.29) is 43.2 Å². The van der Waals surface area contributed by atoms with Gasteiger partial charge in [-0.1, -0.05) is 18.2 Å². The first-order chi connectivity index (χ1) is 12.3. The van der Waals surface area contributed by atoms with Crippen LogP contribution in [0.4, 0.5) is 8.78 Å². The van der Waals surface area contributed by atoms with Crippen LogP contribution in [-0.4, -0.2) is 43.7 Å². The first-order valence-electron chi connectivity index (χ1n) is 8.32. The van der Waals surface area contributed by atoms with Crippen molar-refractivity contribution in [3.63, 3.8) is 0 Å². The first-order valence-corrected chi connectivity index (χ1v) is 9.80. The van der Waals surface area contributed by atoms with Crippen LogP contribution in [0.15, 0.2) is 59.5 Å². The number of rotatable bonds is 5. The van der Waals surface area contributed by atoms with Crippen molar-refractivity contribution in [3.05, 3.63) is 66.0 Å². The topological polar surface area (TPSA) is 54.5 Å². The Morgan fingerprint density at radius 1 is 1.00 bits per heavy atom. The number of benzene rings is 2. The van der Waals surface area contributed by atoms with Gasteiger partial charge in [0.2, 0.25) is 14.8 Å².